The number of aromatic nitrogens is 2. The van der Waals surface area contributed by atoms with Crippen LogP contribution in [0.2, 0.25) is 10.0 Å². The summed E-state index contributed by atoms with van der Waals surface area (Å²) in [5.41, 5.74) is 4.80. The third-order valence-corrected chi connectivity index (χ3v) is 5.81. The van der Waals surface area contributed by atoms with Crippen LogP contribution in [0.5, 0.6) is 0 Å². The van der Waals surface area contributed by atoms with E-state index in [9.17, 15) is 0 Å². The van der Waals surface area contributed by atoms with E-state index in [1.165, 1.54) is 5.56 Å². The van der Waals surface area contributed by atoms with Gasteiger partial charge in [-0.3, -0.25) is 0 Å². The molecule has 0 amide bonds. The summed E-state index contributed by atoms with van der Waals surface area (Å²) in [6.45, 7) is 4.18. The maximum absolute atomic E-state index is 6.45. The summed E-state index contributed by atoms with van der Waals surface area (Å²) in [5, 5.41) is 4.84. The number of fused-ring (bicyclic) bond motifs is 1. The van der Waals surface area contributed by atoms with Gasteiger partial charge in [0.25, 0.3) is 0 Å². The van der Waals surface area contributed by atoms with E-state index >= 15 is 0 Å². The fourth-order valence-electron chi connectivity index (χ4n) is 3.81. The molecule has 4 rings (SSSR count). The Kier molecular flexibility index (Phi) is 5.61. The van der Waals surface area contributed by atoms with Crippen molar-refractivity contribution in [3.63, 3.8) is 0 Å². The summed E-state index contributed by atoms with van der Waals surface area (Å²) in [6, 6.07) is 7.77. The van der Waals surface area contributed by atoms with Crippen LogP contribution in [0.25, 0.3) is 11.3 Å². The molecule has 0 saturated carbocycles. The molecule has 0 fully saturated rings. The van der Waals surface area contributed by atoms with Crippen LogP contribution in [0.3, 0.4) is 0 Å². The number of hydrogen-bond acceptors (Lipinski definition) is 4. The lowest BCUT2D eigenvalue weighted by Gasteiger charge is -2.25. The van der Waals surface area contributed by atoms with Crippen molar-refractivity contribution < 1.29 is 4.42 Å². The minimum absolute atomic E-state index is 0.205. The monoisotopic (exact) mass is 415 g/mol. The van der Waals surface area contributed by atoms with E-state index in [0.29, 0.717) is 10.0 Å². The first-order valence-corrected chi connectivity index (χ1v) is 10.5. The van der Waals surface area contributed by atoms with E-state index in [1.54, 1.807) is 12.3 Å². The normalized spacial score (nSPS) is 16.1. The molecule has 1 aliphatic carbocycles. The van der Waals surface area contributed by atoms with Crippen molar-refractivity contribution in [3.05, 3.63) is 63.3 Å². The van der Waals surface area contributed by atoms with Crippen molar-refractivity contribution >= 4 is 29.0 Å². The number of nitrogens with one attached hydrogen (secondary N) is 1. The van der Waals surface area contributed by atoms with E-state index in [0.717, 1.165) is 66.3 Å². The summed E-state index contributed by atoms with van der Waals surface area (Å²) in [5.74, 6) is 1.93. The maximum atomic E-state index is 6.45. The van der Waals surface area contributed by atoms with Crippen molar-refractivity contribution in [2.75, 3.05) is 5.32 Å². The van der Waals surface area contributed by atoms with Crippen molar-refractivity contribution in [1.82, 2.24) is 9.97 Å². The molecular weight excluding hydrogens is 393 g/mol. The molecule has 28 heavy (non-hydrogen) atoms. The third-order valence-electron chi connectivity index (χ3n) is 5.26. The predicted octanol–water partition coefficient (Wildman–Crippen LogP) is 6.66. The van der Waals surface area contributed by atoms with Gasteiger partial charge in [0.2, 0.25) is 0 Å². The Balaban J connectivity index is 1.74. The topological polar surface area (TPSA) is 51.0 Å². The zero-order chi connectivity index (χ0) is 19.7. The minimum atomic E-state index is 0.205. The fourth-order valence-corrected chi connectivity index (χ4v) is 4.31. The van der Waals surface area contributed by atoms with Gasteiger partial charge in [-0.05, 0) is 49.9 Å². The molecule has 0 saturated heterocycles. The van der Waals surface area contributed by atoms with Crippen LogP contribution in [-0.4, -0.2) is 9.97 Å². The number of anilines is 1. The second-order valence-electron chi connectivity index (χ2n) is 7.03. The van der Waals surface area contributed by atoms with E-state index < -0.39 is 0 Å². The molecule has 1 aromatic carbocycles. The minimum Gasteiger partial charge on any atom is -0.469 e. The Morgan fingerprint density at radius 1 is 1.11 bits per heavy atom. The zero-order valence-corrected chi connectivity index (χ0v) is 17.6. The Hall–Kier alpha value is -2.04. The van der Waals surface area contributed by atoms with Gasteiger partial charge in [0.15, 0.2) is 0 Å². The van der Waals surface area contributed by atoms with Gasteiger partial charge in [-0.1, -0.05) is 37.0 Å². The predicted molar refractivity (Wildman–Crippen MR) is 114 cm³/mol. The number of aryl methyl sites for hydroxylation is 3. The van der Waals surface area contributed by atoms with Crippen molar-refractivity contribution in [2.45, 2.75) is 52.0 Å². The van der Waals surface area contributed by atoms with E-state index in [-0.39, 0.29) is 6.04 Å². The second kappa shape index (κ2) is 8.14. The highest BCUT2D eigenvalue weighted by atomic mass is 35.5. The molecule has 0 aliphatic heterocycles. The Bertz CT molecular complexity index is 999. The van der Waals surface area contributed by atoms with Gasteiger partial charge in [-0.25, -0.2) is 9.97 Å². The molecule has 1 unspecified atom stereocenters. The number of nitrogens with zero attached hydrogens (tertiary/aromatic N) is 2. The van der Waals surface area contributed by atoms with E-state index in [1.807, 2.05) is 12.1 Å². The molecule has 3 aromatic rings. The molecule has 0 radical (unpaired) electrons. The Morgan fingerprint density at radius 3 is 2.68 bits per heavy atom. The van der Waals surface area contributed by atoms with Crippen LogP contribution in [0.15, 0.2) is 34.9 Å². The van der Waals surface area contributed by atoms with Crippen LogP contribution in [-0.2, 0) is 19.3 Å². The van der Waals surface area contributed by atoms with Crippen molar-refractivity contribution in [1.29, 1.82) is 0 Å². The highest BCUT2D eigenvalue weighted by molar-refractivity contribution is 6.36. The highest BCUT2D eigenvalue weighted by Crippen LogP contribution is 2.36. The second-order valence-corrected chi connectivity index (χ2v) is 7.88. The first kappa shape index (κ1) is 19.3. The number of rotatable bonds is 5. The molecule has 2 aromatic heterocycles. The van der Waals surface area contributed by atoms with Crippen molar-refractivity contribution in [3.8, 4) is 11.3 Å². The molecule has 6 heteroatoms. The van der Waals surface area contributed by atoms with Gasteiger partial charge < -0.3 is 9.73 Å². The lowest BCUT2D eigenvalue weighted by atomic mass is 9.93. The maximum Gasteiger partial charge on any atom is 0.148 e. The molecule has 2 heterocycles. The Morgan fingerprint density at radius 2 is 1.93 bits per heavy atom. The summed E-state index contributed by atoms with van der Waals surface area (Å²) in [7, 11) is 0. The third kappa shape index (κ3) is 3.63. The standard InChI is InChI=1S/C22H23Cl2N3O/c1-3-17-21(14-9-8-13(23)12-16(14)24)25-18(4-2)22(26-17)27-19-6-5-7-20-15(19)10-11-28-20/h8-12,19H,3-7H2,1-2H3,(H,26,27). The summed E-state index contributed by atoms with van der Waals surface area (Å²) in [6.07, 6.45) is 6.49. The first-order chi connectivity index (χ1) is 13.6. The van der Waals surface area contributed by atoms with Gasteiger partial charge in [-0.15, -0.1) is 0 Å². The summed E-state index contributed by atoms with van der Waals surface area (Å²) < 4.78 is 5.62. The van der Waals surface area contributed by atoms with E-state index in [2.05, 4.69) is 25.2 Å². The molecule has 1 aliphatic rings. The van der Waals surface area contributed by atoms with Crippen molar-refractivity contribution in [2.24, 2.45) is 0 Å². The molecule has 4 nitrogen and oxygen atoms in total. The average molecular weight is 416 g/mol. The molecule has 146 valence electrons. The fraction of sp³-hybridized carbons (Fsp3) is 0.364. The quantitative estimate of drug-likeness (QED) is 0.505. The largest absolute Gasteiger partial charge is 0.469 e. The average Bonchev–Trinajstić information content (AvgIpc) is 3.18. The van der Waals surface area contributed by atoms with Crippen LogP contribution in [0.1, 0.15) is 55.4 Å². The van der Waals surface area contributed by atoms with Crippen LogP contribution >= 0.6 is 23.2 Å². The molecular formula is C22H23Cl2N3O. The first-order valence-electron chi connectivity index (χ1n) is 9.78. The summed E-state index contributed by atoms with van der Waals surface area (Å²) >= 11 is 12.5. The SMILES string of the molecule is CCc1nc(-c2ccc(Cl)cc2Cl)c(CC)nc1NC1CCCc2occc21. The smallest absolute Gasteiger partial charge is 0.148 e. The van der Waals surface area contributed by atoms with Crippen LogP contribution < -0.4 is 5.32 Å². The van der Waals surface area contributed by atoms with Crippen LogP contribution in [0, 0.1) is 0 Å². The zero-order valence-electron chi connectivity index (χ0n) is 16.1. The molecule has 1 atom stereocenters. The van der Waals surface area contributed by atoms with Gasteiger partial charge in [-0.2, -0.15) is 0 Å². The number of benzene rings is 1. The molecule has 0 bridgehead atoms. The molecule has 1 N–H and O–H groups in total. The van der Waals surface area contributed by atoms with E-state index in [4.69, 9.17) is 37.6 Å². The van der Waals surface area contributed by atoms with Gasteiger partial charge in [0.05, 0.1) is 34.4 Å². The number of furan rings is 1. The van der Waals surface area contributed by atoms with Crippen LogP contribution in [0.4, 0.5) is 5.82 Å². The van der Waals surface area contributed by atoms with Gasteiger partial charge >= 0.3 is 0 Å². The lowest BCUT2D eigenvalue weighted by molar-refractivity contribution is 0.461. The lowest BCUT2D eigenvalue weighted by Crippen LogP contribution is -2.19. The summed E-state index contributed by atoms with van der Waals surface area (Å²) in [4.78, 5) is 9.91. The van der Waals surface area contributed by atoms with Gasteiger partial charge in [0, 0.05) is 22.6 Å². The number of hydrogen-bond donors (Lipinski definition) is 1. The molecule has 0 spiro atoms. The number of halogens is 2. The highest BCUT2D eigenvalue weighted by Gasteiger charge is 2.24. The Labute approximate surface area is 175 Å². The van der Waals surface area contributed by atoms with Gasteiger partial charge in [0.1, 0.15) is 11.6 Å².